The summed E-state index contributed by atoms with van der Waals surface area (Å²) in [5.74, 6) is 0. The minimum absolute atomic E-state index is 0.180. The third kappa shape index (κ3) is 3.49. The number of aromatic nitrogens is 4. The zero-order valence-electron chi connectivity index (χ0n) is 13.3. The van der Waals surface area contributed by atoms with Crippen molar-refractivity contribution in [1.29, 1.82) is 0 Å². The van der Waals surface area contributed by atoms with Crippen molar-refractivity contribution in [2.24, 2.45) is 0 Å². The number of imidazole rings is 1. The van der Waals surface area contributed by atoms with Gasteiger partial charge in [-0.2, -0.15) is 9.78 Å². The molecule has 0 aliphatic carbocycles. The molecular formula is C17H18ClN5O. The van der Waals surface area contributed by atoms with E-state index in [9.17, 15) is 4.79 Å². The standard InChI is InChI=1S/C17H18ClN5O/c1-21(9-5-10-22-11-8-19-13-22)15-12-20-23(17(24)16(15)18)14-6-3-2-4-7-14/h2-4,6-8,11-13H,5,9-10H2,1H3. The number of para-hydroxylation sites is 1. The van der Waals surface area contributed by atoms with Gasteiger partial charge in [-0.1, -0.05) is 29.8 Å². The highest BCUT2D eigenvalue weighted by molar-refractivity contribution is 6.33. The number of anilines is 1. The van der Waals surface area contributed by atoms with E-state index in [0.29, 0.717) is 11.4 Å². The maximum Gasteiger partial charge on any atom is 0.292 e. The minimum Gasteiger partial charge on any atom is -0.372 e. The fourth-order valence-corrected chi connectivity index (χ4v) is 2.75. The molecule has 0 amide bonds. The molecule has 0 saturated heterocycles. The largest absolute Gasteiger partial charge is 0.372 e. The van der Waals surface area contributed by atoms with Crippen molar-refractivity contribution in [2.45, 2.75) is 13.0 Å². The summed E-state index contributed by atoms with van der Waals surface area (Å²) >= 11 is 6.29. The Hall–Kier alpha value is -2.60. The van der Waals surface area contributed by atoms with Crippen molar-refractivity contribution in [3.63, 3.8) is 0 Å². The number of hydrogen-bond donors (Lipinski definition) is 0. The molecule has 0 saturated carbocycles. The van der Waals surface area contributed by atoms with E-state index in [0.717, 1.165) is 19.5 Å². The molecule has 7 heteroatoms. The lowest BCUT2D eigenvalue weighted by Crippen LogP contribution is -2.27. The summed E-state index contributed by atoms with van der Waals surface area (Å²) in [7, 11) is 1.91. The van der Waals surface area contributed by atoms with E-state index in [2.05, 4.69) is 10.1 Å². The summed E-state index contributed by atoms with van der Waals surface area (Å²) in [6.45, 7) is 1.62. The second kappa shape index (κ2) is 7.31. The number of hydrogen-bond acceptors (Lipinski definition) is 4. The molecule has 0 aliphatic rings. The van der Waals surface area contributed by atoms with Gasteiger partial charge in [-0.15, -0.1) is 0 Å². The summed E-state index contributed by atoms with van der Waals surface area (Å²) in [6.07, 6.45) is 8.01. The van der Waals surface area contributed by atoms with Gasteiger partial charge >= 0.3 is 0 Å². The van der Waals surface area contributed by atoms with Crippen molar-refractivity contribution in [3.8, 4) is 5.69 Å². The second-order valence-electron chi connectivity index (χ2n) is 5.47. The van der Waals surface area contributed by atoms with Crippen LogP contribution >= 0.6 is 11.6 Å². The molecule has 24 heavy (non-hydrogen) atoms. The van der Waals surface area contributed by atoms with Crippen molar-refractivity contribution in [3.05, 3.63) is 70.6 Å². The molecule has 2 aromatic heterocycles. The van der Waals surface area contributed by atoms with Crippen LogP contribution in [0.15, 0.2) is 60.0 Å². The summed E-state index contributed by atoms with van der Waals surface area (Å²) < 4.78 is 3.33. The van der Waals surface area contributed by atoms with Gasteiger partial charge < -0.3 is 9.47 Å². The summed E-state index contributed by atoms with van der Waals surface area (Å²) in [5.41, 5.74) is 1.01. The first-order valence-electron chi connectivity index (χ1n) is 7.67. The van der Waals surface area contributed by atoms with Crippen LogP contribution in [0.4, 0.5) is 5.69 Å². The molecule has 0 atom stereocenters. The lowest BCUT2D eigenvalue weighted by atomic mass is 10.3. The molecule has 0 aliphatic heterocycles. The van der Waals surface area contributed by atoms with Crippen LogP contribution in [-0.2, 0) is 6.54 Å². The number of halogens is 1. The topological polar surface area (TPSA) is 56.0 Å². The summed E-state index contributed by atoms with van der Waals surface area (Å²) in [4.78, 5) is 18.4. The minimum atomic E-state index is -0.318. The van der Waals surface area contributed by atoms with E-state index in [1.54, 1.807) is 18.7 Å². The number of benzene rings is 1. The fraction of sp³-hybridized carbons (Fsp3) is 0.235. The number of aryl methyl sites for hydroxylation is 1. The quantitative estimate of drug-likeness (QED) is 0.690. The van der Waals surface area contributed by atoms with Crippen LogP contribution < -0.4 is 10.5 Å². The van der Waals surface area contributed by atoms with Crippen molar-refractivity contribution in [2.75, 3.05) is 18.5 Å². The first kappa shape index (κ1) is 16.3. The van der Waals surface area contributed by atoms with Gasteiger partial charge in [0, 0.05) is 32.5 Å². The van der Waals surface area contributed by atoms with Gasteiger partial charge in [0.1, 0.15) is 5.02 Å². The van der Waals surface area contributed by atoms with E-state index in [1.165, 1.54) is 4.68 Å². The summed E-state index contributed by atoms with van der Waals surface area (Å²) in [6, 6.07) is 9.23. The predicted octanol–water partition coefficient (Wildman–Crippen LogP) is 2.61. The average molecular weight is 344 g/mol. The Labute approximate surface area is 144 Å². The molecule has 0 radical (unpaired) electrons. The number of nitrogens with zero attached hydrogens (tertiary/aromatic N) is 5. The van der Waals surface area contributed by atoms with Crippen LogP contribution in [0.2, 0.25) is 5.02 Å². The van der Waals surface area contributed by atoms with E-state index < -0.39 is 0 Å². The molecule has 0 fully saturated rings. The van der Waals surface area contributed by atoms with Crippen molar-refractivity contribution >= 4 is 17.3 Å². The molecule has 1 aromatic carbocycles. The first-order chi connectivity index (χ1) is 11.7. The van der Waals surface area contributed by atoms with Crippen LogP contribution in [0, 0.1) is 0 Å². The highest BCUT2D eigenvalue weighted by Gasteiger charge is 2.13. The third-order valence-electron chi connectivity index (χ3n) is 3.78. The van der Waals surface area contributed by atoms with Crippen molar-refractivity contribution in [1.82, 2.24) is 19.3 Å². The maximum atomic E-state index is 12.5. The normalized spacial score (nSPS) is 10.8. The number of rotatable bonds is 6. The smallest absolute Gasteiger partial charge is 0.292 e. The fourth-order valence-electron chi connectivity index (χ4n) is 2.47. The lowest BCUT2D eigenvalue weighted by Gasteiger charge is -2.20. The van der Waals surface area contributed by atoms with Crippen molar-refractivity contribution < 1.29 is 0 Å². The van der Waals surface area contributed by atoms with E-state index in [4.69, 9.17) is 11.6 Å². The Morgan fingerprint density at radius 2 is 2.04 bits per heavy atom. The Kier molecular flexibility index (Phi) is 4.96. The highest BCUT2D eigenvalue weighted by atomic mass is 35.5. The molecule has 6 nitrogen and oxygen atoms in total. The van der Waals surface area contributed by atoms with Gasteiger partial charge in [0.2, 0.25) is 0 Å². The Bertz CT molecular complexity index is 845. The van der Waals surface area contributed by atoms with Gasteiger partial charge in [-0.25, -0.2) is 4.98 Å². The maximum absolute atomic E-state index is 12.5. The van der Waals surface area contributed by atoms with E-state index in [1.807, 2.05) is 53.0 Å². The zero-order valence-corrected chi connectivity index (χ0v) is 14.1. The molecular weight excluding hydrogens is 326 g/mol. The van der Waals surface area contributed by atoms with Gasteiger partial charge in [-0.3, -0.25) is 4.79 Å². The molecule has 124 valence electrons. The lowest BCUT2D eigenvalue weighted by molar-refractivity contribution is 0.636. The Morgan fingerprint density at radius 3 is 2.75 bits per heavy atom. The SMILES string of the molecule is CN(CCCn1ccnc1)c1cnn(-c2ccccc2)c(=O)c1Cl. The third-order valence-corrected chi connectivity index (χ3v) is 4.14. The Morgan fingerprint density at radius 1 is 1.25 bits per heavy atom. The van der Waals surface area contributed by atoms with E-state index >= 15 is 0 Å². The van der Waals surface area contributed by atoms with Gasteiger partial charge in [0.05, 0.1) is 23.9 Å². The molecule has 0 bridgehead atoms. The highest BCUT2D eigenvalue weighted by Crippen LogP contribution is 2.20. The molecule has 3 aromatic rings. The van der Waals surface area contributed by atoms with Crippen LogP contribution in [0.3, 0.4) is 0 Å². The van der Waals surface area contributed by atoms with Crippen LogP contribution in [-0.4, -0.2) is 32.9 Å². The molecule has 0 N–H and O–H groups in total. The molecule has 0 unspecified atom stereocenters. The van der Waals surface area contributed by atoms with Gasteiger partial charge in [0.15, 0.2) is 0 Å². The first-order valence-corrected chi connectivity index (χ1v) is 8.05. The van der Waals surface area contributed by atoms with Crippen LogP contribution in [0.25, 0.3) is 5.69 Å². The average Bonchev–Trinajstić information content (AvgIpc) is 3.11. The zero-order chi connectivity index (χ0) is 16.9. The Balaban J connectivity index is 1.74. The van der Waals surface area contributed by atoms with Gasteiger partial charge in [-0.05, 0) is 18.6 Å². The molecule has 2 heterocycles. The summed E-state index contributed by atoms with van der Waals surface area (Å²) in [5, 5.41) is 4.43. The van der Waals surface area contributed by atoms with E-state index in [-0.39, 0.29) is 10.6 Å². The predicted molar refractivity (Wildman–Crippen MR) is 95.0 cm³/mol. The second-order valence-corrected chi connectivity index (χ2v) is 5.85. The van der Waals surface area contributed by atoms with Crippen LogP contribution in [0.1, 0.15) is 6.42 Å². The van der Waals surface area contributed by atoms with Crippen LogP contribution in [0.5, 0.6) is 0 Å². The van der Waals surface area contributed by atoms with Gasteiger partial charge in [0.25, 0.3) is 5.56 Å². The molecule has 0 spiro atoms. The molecule has 3 rings (SSSR count). The monoisotopic (exact) mass is 343 g/mol.